The third-order valence-corrected chi connectivity index (χ3v) is 3.60. The molecule has 2 aromatic carbocycles. The minimum Gasteiger partial charge on any atom is -0.0654 e. The van der Waals surface area contributed by atoms with Crippen molar-refractivity contribution >= 4 is 12.2 Å². The van der Waals surface area contributed by atoms with Crippen molar-refractivity contribution in [1.29, 1.82) is 0 Å². The van der Waals surface area contributed by atoms with E-state index in [1.54, 1.807) is 0 Å². The first-order chi connectivity index (χ1) is 9.69. The first-order valence-corrected chi connectivity index (χ1v) is 7.53. The second kappa shape index (κ2) is 7.09. The summed E-state index contributed by atoms with van der Waals surface area (Å²) in [6.07, 6.45) is 8.15. The van der Waals surface area contributed by atoms with Crippen LogP contribution in [0.5, 0.6) is 0 Å². The molecule has 0 unspecified atom stereocenters. The highest BCUT2D eigenvalue weighted by atomic mass is 14.0. The Kier molecular flexibility index (Phi) is 5.17. The van der Waals surface area contributed by atoms with Crippen LogP contribution in [0.2, 0.25) is 0 Å². The molecule has 0 aliphatic carbocycles. The lowest BCUT2D eigenvalue weighted by atomic mass is 9.99. The number of hydrogen-bond donors (Lipinski definition) is 0. The molecule has 0 atom stereocenters. The topological polar surface area (TPSA) is 0 Å². The molecule has 0 N–H and O–H groups in total. The monoisotopic (exact) mass is 264 g/mol. The van der Waals surface area contributed by atoms with Crippen molar-refractivity contribution in [3.8, 4) is 0 Å². The van der Waals surface area contributed by atoms with Crippen molar-refractivity contribution in [3.63, 3.8) is 0 Å². The summed E-state index contributed by atoms with van der Waals surface area (Å²) in [5, 5.41) is 0. The maximum absolute atomic E-state index is 2.29. The lowest BCUT2D eigenvalue weighted by Gasteiger charge is -2.07. The van der Waals surface area contributed by atoms with Crippen molar-refractivity contribution in [2.75, 3.05) is 0 Å². The Morgan fingerprint density at radius 3 is 2.45 bits per heavy atom. The smallest absolute Gasteiger partial charge is 0.0222 e. The lowest BCUT2D eigenvalue weighted by molar-refractivity contribution is 0.794. The third kappa shape index (κ3) is 4.09. The van der Waals surface area contributed by atoms with Gasteiger partial charge < -0.3 is 0 Å². The lowest BCUT2D eigenvalue weighted by Crippen LogP contribution is -1.90. The molecule has 0 heterocycles. The predicted octanol–water partition coefficient (Wildman–Crippen LogP) is 5.82. The summed E-state index contributed by atoms with van der Waals surface area (Å²) in [6, 6.07) is 15.4. The second-order valence-corrected chi connectivity index (χ2v) is 5.55. The second-order valence-electron chi connectivity index (χ2n) is 5.55. The molecule has 0 nitrogen and oxygen atoms in total. The van der Waals surface area contributed by atoms with Crippen molar-refractivity contribution in [3.05, 3.63) is 70.3 Å². The maximum Gasteiger partial charge on any atom is -0.0222 e. The van der Waals surface area contributed by atoms with Gasteiger partial charge in [0.2, 0.25) is 0 Å². The van der Waals surface area contributed by atoms with E-state index in [1.165, 1.54) is 47.1 Å². The van der Waals surface area contributed by atoms with Gasteiger partial charge in [0.15, 0.2) is 0 Å². The number of aryl methyl sites for hydroxylation is 3. The van der Waals surface area contributed by atoms with Crippen LogP contribution in [0.25, 0.3) is 12.2 Å². The van der Waals surface area contributed by atoms with E-state index in [2.05, 4.69) is 75.4 Å². The molecule has 2 rings (SSSR count). The van der Waals surface area contributed by atoms with Crippen LogP contribution < -0.4 is 0 Å². The molecule has 0 bridgehead atoms. The highest BCUT2D eigenvalue weighted by molar-refractivity contribution is 5.71. The molecule has 0 aliphatic heterocycles. The third-order valence-electron chi connectivity index (χ3n) is 3.60. The number of hydrogen-bond acceptors (Lipinski definition) is 0. The van der Waals surface area contributed by atoms with Gasteiger partial charge in [0, 0.05) is 0 Å². The van der Waals surface area contributed by atoms with Crippen LogP contribution >= 0.6 is 0 Å². The molecule has 0 radical (unpaired) electrons. The van der Waals surface area contributed by atoms with Crippen molar-refractivity contribution in [2.24, 2.45) is 0 Å². The molecule has 104 valence electrons. The van der Waals surface area contributed by atoms with E-state index < -0.39 is 0 Å². The Bertz CT molecular complexity index is 591. The van der Waals surface area contributed by atoms with E-state index >= 15 is 0 Å². The van der Waals surface area contributed by atoms with Crippen LogP contribution in [0.4, 0.5) is 0 Å². The van der Waals surface area contributed by atoms with Gasteiger partial charge in [-0.1, -0.05) is 79.1 Å². The number of benzene rings is 2. The van der Waals surface area contributed by atoms with Gasteiger partial charge in [-0.05, 0) is 43.4 Å². The van der Waals surface area contributed by atoms with Crippen LogP contribution in [0.15, 0.2) is 42.5 Å². The summed E-state index contributed by atoms with van der Waals surface area (Å²) < 4.78 is 0. The highest BCUT2D eigenvalue weighted by Gasteiger charge is 2.00. The highest BCUT2D eigenvalue weighted by Crippen LogP contribution is 2.18. The van der Waals surface area contributed by atoms with E-state index in [9.17, 15) is 0 Å². The Labute approximate surface area is 123 Å². The van der Waals surface area contributed by atoms with Gasteiger partial charge >= 0.3 is 0 Å². The fraction of sp³-hybridized carbons (Fsp3) is 0.300. The van der Waals surface area contributed by atoms with Crippen molar-refractivity contribution < 1.29 is 0 Å². The van der Waals surface area contributed by atoms with Crippen LogP contribution in [-0.4, -0.2) is 0 Å². The standard InChI is InChI=1S/C20H24/c1-4-5-9-19-12-10-17(3)15-20(19)13-11-18-8-6-7-16(2)14-18/h6-8,10-15H,4-5,9H2,1-3H3. The average molecular weight is 264 g/mol. The molecule has 20 heavy (non-hydrogen) atoms. The first kappa shape index (κ1) is 14.6. The molecular formula is C20H24. The first-order valence-electron chi connectivity index (χ1n) is 7.53. The minimum atomic E-state index is 1.17. The molecule has 0 aromatic heterocycles. The molecule has 0 saturated carbocycles. The summed E-state index contributed by atoms with van der Waals surface area (Å²) in [4.78, 5) is 0. The quantitative estimate of drug-likeness (QED) is 0.597. The number of unbranched alkanes of at least 4 members (excludes halogenated alkanes) is 1. The Balaban J connectivity index is 2.25. The minimum absolute atomic E-state index is 1.17. The molecule has 0 aliphatic rings. The van der Waals surface area contributed by atoms with Gasteiger partial charge in [-0.3, -0.25) is 0 Å². The van der Waals surface area contributed by atoms with Crippen LogP contribution in [-0.2, 0) is 6.42 Å². The zero-order chi connectivity index (χ0) is 14.4. The molecule has 0 fully saturated rings. The normalized spacial score (nSPS) is 11.2. The molecule has 0 heteroatoms. The largest absolute Gasteiger partial charge is 0.0654 e. The van der Waals surface area contributed by atoms with Gasteiger partial charge in [0.1, 0.15) is 0 Å². The zero-order valence-corrected chi connectivity index (χ0v) is 12.8. The number of rotatable bonds is 5. The van der Waals surface area contributed by atoms with Crippen molar-refractivity contribution in [1.82, 2.24) is 0 Å². The fourth-order valence-corrected chi connectivity index (χ4v) is 2.42. The van der Waals surface area contributed by atoms with Crippen LogP contribution in [0, 0.1) is 13.8 Å². The Morgan fingerprint density at radius 2 is 1.70 bits per heavy atom. The van der Waals surface area contributed by atoms with Crippen LogP contribution in [0.3, 0.4) is 0 Å². The Morgan fingerprint density at radius 1 is 0.900 bits per heavy atom. The van der Waals surface area contributed by atoms with E-state index in [4.69, 9.17) is 0 Å². The van der Waals surface area contributed by atoms with Crippen molar-refractivity contribution in [2.45, 2.75) is 40.0 Å². The van der Waals surface area contributed by atoms with Gasteiger partial charge in [0.05, 0.1) is 0 Å². The maximum atomic E-state index is 2.29. The van der Waals surface area contributed by atoms with E-state index in [1.807, 2.05) is 0 Å². The van der Waals surface area contributed by atoms with Gasteiger partial charge in [0.25, 0.3) is 0 Å². The summed E-state index contributed by atoms with van der Waals surface area (Å²) in [7, 11) is 0. The molecular weight excluding hydrogens is 240 g/mol. The zero-order valence-electron chi connectivity index (χ0n) is 12.8. The Hall–Kier alpha value is -1.82. The van der Waals surface area contributed by atoms with E-state index in [-0.39, 0.29) is 0 Å². The van der Waals surface area contributed by atoms with Gasteiger partial charge in [-0.15, -0.1) is 0 Å². The molecule has 0 spiro atoms. The summed E-state index contributed by atoms with van der Waals surface area (Å²) in [5.74, 6) is 0. The van der Waals surface area contributed by atoms with E-state index in [0.717, 1.165) is 0 Å². The fourth-order valence-electron chi connectivity index (χ4n) is 2.42. The molecule has 2 aromatic rings. The van der Waals surface area contributed by atoms with Gasteiger partial charge in [-0.2, -0.15) is 0 Å². The molecule has 0 amide bonds. The summed E-state index contributed by atoms with van der Waals surface area (Å²) >= 11 is 0. The molecule has 0 saturated heterocycles. The van der Waals surface area contributed by atoms with Gasteiger partial charge in [-0.25, -0.2) is 0 Å². The predicted molar refractivity (Wildman–Crippen MR) is 89.9 cm³/mol. The van der Waals surface area contributed by atoms with E-state index in [0.29, 0.717) is 0 Å². The summed E-state index contributed by atoms with van der Waals surface area (Å²) in [5.41, 5.74) is 6.73. The SMILES string of the molecule is CCCCc1ccc(C)cc1C=Cc1cccc(C)c1. The average Bonchev–Trinajstić information content (AvgIpc) is 2.44. The summed E-state index contributed by atoms with van der Waals surface area (Å²) in [6.45, 7) is 6.54. The van der Waals surface area contributed by atoms with Crippen LogP contribution in [0.1, 0.15) is 47.6 Å².